The maximum Gasteiger partial charge on any atom is 0.273 e. The van der Waals surface area contributed by atoms with Gasteiger partial charge in [-0.2, -0.15) is 0 Å². The van der Waals surface area contributed by atoms with Crippen molar-refractivity contribution >= 4 is 27.3 Å². The molecule has 0 aliphatic rings. The van der Waals surface area contributed by atoms with Crippen LogP contribution in [0.3, 0.4) is 0 Å². The number of amides is 1. The molecule has 2 aromatic rings. The predicted octanol–water partition coefficient (Wildman–Crippen LogP) is 5.96. The molecule has 0 aliphatic heterocycles. The predicted molar refractivity (Wildman–Crippen MR) is 176 cm³/mol. The number of benzene rings is 2. The first kappa shape index (κ1) is 38.1. The van der Waals surface area contributed by atoms with Crippen molar-refractivity contribution in [3.63, 3.8) is 0 Å². The van der Waals surface area contributed by atoms with Crippen LogP contribution < -0.4 is 10.0 Å². The number of hydrogen-bond donors (Lipinski definition) is 5. The molecule has 0 fully saturated rings. The maximum absolute atomic E-state index is 12.8. The topological polar surface area (TPSA) is 179 Å². The van der Waals surface area contributed by atoms with Crippen LogP contribution in [0.4, 0.5) is 11.4 Å². The van der Waals surface area contributed by atoms with Crippen molar-refractivity contribution in [3.05, 3.63) is 69.3 Å². The van der Waals surface area contributed by atoms with Gasteiger partial charge >= 0.3 is 0 Å². The molecule has 0 heterocycles. The lowest BCUT2D eigenvalue weighted by Gasteiger charge is -2.17. The smallest absolute Gasteiger partial charge is 0.273 e. The number of nitro groups is 1. The molecule has 45 heavy (non-hydrogen) atoms. The number of carbonyl (C=O) groups is 1. The largest absolute Gasteiger partial charge is 0.392 e. The fourth-order valence-electron chi connectivity index (χ4n) is 5.18. The molecule has 0 spiro atoms. The molecule has 5 N–H and O–H groups in total. The van der Waals surface area contributed by atoms with E-state index in [-0.39, 0.29) is 34.0 Å². The van der Waals surface area contributed by atoms with Gasteiger partial charge in [0.05, 0.1) is 29.4 Å². The summed E-state index contributed by atoms with van der Waals surface area (Å²) in [4.78, 5) is 23.3. The van der Waals surface area contributed by atoms with Gasteiger partial charge < -0.3 is 20.6 Å². The highest BCUT2D eigenvalue weighted by Gasteiger charge is 2.21. The number of unbranched alkanes of at least 4 members (excludes halogenated alkanes) is 10. The Morgan fingerprint density at radius 1 is 0.844 bits per heavy atom. The van der Waals surface area contributed by atoms with E-state index < -0.39 is 39.5 Å². The van der Waals surface area contributed by atoms with Crippen molar-refractivity contribution in [3.8, 4) is 0 Å². The van der Waals surface area contributed by atoms with Crippen LogP contribution in [0.5, 0.6) is 0 Å². The molecule has 0 saturated heterocycles. The summed E-state index contributed by atoms with van der Waals surface area (Å²) in [7, 11) is -4.09. The Labute approximate surface area is 267 Å². The van der Waals surface area contributed by atoms with Gasteiger partial charge in [0.15, 0.2) is 0 Å². The molecule has 0 aromatic heterocycles. The summed E-state index contributed by atoms with van der Waals surface area (Å²) < 4.78 is 28.0. The SMILES string of the molecule is CCCCCCCCC(O)C(O)CCCCCCCCNC(=O)c1ccc(CO)c(NS(=O)(=O)Cc2ccccc2[N+](=O)[O-])c1. The Kier molecular flexibility index (Phi) is 17.7. The van der Waals surface area contributed by atoms with Crippen molar-refractivity contribution < 1.29 is 33.5 Å². The molecule has 2 unspecified atom stereocenters. The molecule has 0 saturated carbocycles. The number of para-hydroxylation sites is 1. The second-order valence-corrected chi connectivity index (χ2v) is 13.4. The molecule has 11 nitrogen and oxygen atoms in total. The van der Waals surface area contributed by atoms with Gasteiger partial charge in [-0.05, 0) is 31.4 Å². The zero-order chi connectivity index (χ0) is 33.1. The van der Waals surface area contributed by atoms with Crippen LogP contribution in [0.1, 0.15) is 118 Å². The number of sulfonamides is 1. The quantitative estimate of drug-likeness (QED) is 0.0525. The van der Waals surface area contributed by atoms with Gasteiger partial charge in [-0.1, -0.05) is 102 Å². The van der Waals surface area contributed by atoms with E-state index in [1.54, 1.807) is 0 Å². The molecule has 2 atom stereocenters. The molecule has 2 rings (SSSR count). The number of hydrogen-bond acceptors (Lipinski definition) is 8. The third kappa shape index (κ3) is 14.7. The second-order valence-electron chi connectivity index (χ2n) is 11.6. The van der Waals surface area contributed by atoms with E-state index >= 15 is 0 Å². The third-order valence-electron chi connectivity index (χ3n) is 7.85. The van der Waals surface area contributed by atoms with E-state index in [4.69, 9.17) is 0 Å². The molecule has 252 valence electrons. The Morgan fingerprint density at radius 3 is 2.02 bits per heavy atom. The van der Waals surface area contributed by atoms with Crippen LogP contribution in [0.25, 0.3) is 0 Å². The van der Waals surface area contributed by atoms with Gasteiger partial charge in [-0.25, -0.2) is 8.42 Å². The standard InChI is InChI=1S/C33H51N3O8S/c1-2-3-4-5-8-11-18-31(38)32(39)19-12-9-6-7-10-15-22-34-33(40)26-20-21-27(24-37)29(23-26)35-45(43,44)25-28-16-13-14-17-30(28)36(41)42/h13-14,16-17,20-21,23,31-32,35,37-39H,2-12,15,18-19,22,24-25H2,1H3,(H,34,40). The minimum Gasteiger partial charge on any atom is -0.392 e. The van der Waals surface area contributed by atoms with E-state index in [1.165, 1.54) is 68.1 Å². The fraction of sp³-hybridized carbons (Fsp3) is 0.606. The summed E-state index contributed by atoms with van der Waals surface area (Å²) >= 11 is 0. The van der Waals surface area contributed by atoms with Crippen LogP contribution in [0.2, 0.25) is 0 Å². The Bertz CT molecular complexity index is 1290. The van der Waals surface area contributed by atoms with Gasteiger partial charge in [0.25, 0.3) is 11.6 Å². The average Bonchev–Trinajstić information content (AvgIpc) is 3.01. The summed E-state index contributed by atoms with van der Waals surface area (Å²) in [6, 6.07) is 9.86. The average molecular weight is 650 g/mol. The fourth-order valence-corrected chi connectivity index (χ4v) is 6.43. The van der Waals surface area contributed by atoms with Crippen LogP contribution in [0, 0.1) is 10.1 Å². The lowest BCUT2D eigenvalue weighted by molar-refractivity contribution is -0.385. The van der Waals surface area contributed by atoms with E-state index in [1.807, 2.05) is 0 Å². The van der Waals surface area contributed by atoms with Crippen molar-refractivity contribution in [2.24, 2.45) is 0 Å². The van der Waals surface area contributed by atoms with E-state index in [0.717, 1.165) is 51.4 Å². The molecule has 1 amide bonds. The first-order valence-corrected chi connectivity index (χ1v) is 17.8. The summed E-state index contributed by atoms with van der Waals surface area (Å²) in [5.41, 5.74) is 0.213. The van der Waals surface area contributed by atoms with Crippen LogP contribution in [-0.4, -0.2) is 53.3 Å². The normalized spacial score (nSPS) is 12.9. The number of nitrogens with one attached hydrogen (secondary N) is 2. The Balaban J connectivity index is 1.70. The number of carbonyl (C=O) groups excluding carboxylic acids is 1. The highest BCUT2D eigenvalue weighted by molar-refractivity contribution is 7.91. The monoisotopic (exact) mass is 649 g/mol. The number of aliphatic hydroxyl groups excluding tert-OH is 3. The Hall–Kier alpha value is -3.06. The van der Waals surface area contributed by atoms with Crippen molar-refractivity contribution in [1.82, 2.24) is 5.32 Å². The summed E-state index contributed by atoms with van der Waals surface area (Å²) in [6.07, 6.45) is 12.4. The van der Waals surface area contributed by atoms with Gasteiger partial charge in [-0.3, -0.25) is 19.6 Å². The highest BCUT2D eigenvalue weighted by atomic mass is 32.2. The lowest BCUT2D eigenvalue weighted by atomic mass is 9.99. The molecule has 12 heteroatoms. The van der Waals surface area contributed by atoms with Crippen molar-refractivity contribution in [1.29, 1.82) is 0 Å². The lowest BCUT2D eigenvalue weighted by Crippen LogP contribution is -2.25. The van der Waals surface area contributed by atoms with E-state index in [0.29, 0.717) is 19.4 Å². The molecule has 0 bridgehead atoms. The molecular formula is C33H51N3O8S. The molecular weight excluding hydrogens is 598 g/mol. The number of nitro benzene ring substituents is 1. The minimum atomic E-state index is -4.09. The molecule has 0 radical (unpaired) electrons. The zero-order valence-electron chi connectivity index (χ0n) is 26.5. The van der Waals surface area contributed by atoms with Crippen LogP contribution in [0.15, 0.2) is 42.5 Å². The molecule has 0 aliphatic carbocycles. The first-order chi connectivity index (χ1) is 21.6. The first-order valence-electron chi connectivity index (χ1n) is 16.2. The van der Waals surface area contributed by atoms with E-state index in [2.05, 4.69) is 17.0 Å². The molecule has 2 aromatic carbocycles. The van der Waals surface area contributed by atoms with Gasteiger partial charge in [0.1, 0.15) is 5.75 Å². The van der Waals surface area contributed by atoms with Crippen molar-refractivity contribution in [2.45, 2.75) is 121 Å². The number of anilines is 1. The second kappa shape index (κ2) is 20.9. The zero-order valence-corrected chi connectivity index (χ0v) is 27.3. The minimum absolute atomic E-state index is 0.0182. The maximum atomic E-state index is 12.8. The number of nitrogens with zero attached hydrogens (tertiary/aromatic N) is 1. The van der Waals surface area contributed by atoms with Gasteiger partial charge in [-0.15, -0.1) is 0 Å². The number of aliphatic hydroxyl groups is 3. The van der Waals surface area contributed by atoms with Crippen molar-refractivity contribution in [2.75, 3.05) is 11.3 Å². The van der Waals surface area contributed by atoms with Crippen LogP contribution >= 0.6 is 0 Å². The van der Waals surface area contributed by atoms with Gasteiger partial charge in [0.2, 0.25) is 10.0 Å². The van der Waals surface area contributed by atoms with Gasteiger partial charge in [0, 0.05) is 29.3 Å². The van der Waals surface area contributed by atoms with E-state index in [9.17, 15) is 38.6 Å². The van der Waals surface area contributed by atoms with Crippen LogP contribution in [-0.2, 0) is 22.4 Å². The summed E-state index contributed by atoms with van der Waals surface area (Å²) in [5.74, 6) is -1.03. The highest BCUT2D eigenvalue weighted by Crippen LogP contribution is 2.24. The summed E-state index contributed by atoms with van der Waals surface area (Å²) in [5, 5.41) is 44.2. The number of rotatable bonds is 24. The third-order valence-corrected chi connectivity index (χ3v) is 9.07. The summed E-state index contributed by atoms with van der Waals surface area (Å²) in [6.45, 7) is 2.17. The Morgan fingerprint density at radius 2 is 1.42 bits per heavy atom.